The van der Waals surface area contributed by atoms with E-state index in [9.17, 15) is 22.8 Å². The molecule has 5 nitrogen and oxygen atoms in total. The number of anilines is 1. The number of fused-ring (bicyclic) bond motifs is 1. The Labute approximate surface area is 181 Å². The van der Waals surface area contributed by atoms with Gasteiger partial charge in [0.1, 0.15) is 0 Å². The fourth-order valence-electron chi connectivity index (χ4n) is 3.53. The quantitative estimate of drug-likeness (QED) is 0.465. The van der Waals surface area contributed by atoms with E-state index >= 15 is 0 Å². The van der Waals surface area contributed by atoms with E-state index < -0.39 is 29.0 Å². The van der Waals surface area contributed by atoms with Gasteiger partial charge in [-0.3, -0.25) is 14.6 Å². The second kappa shape index (κ2) is 7.96. The number of aryl methyl sites for hydroxylation is 3. The zero-order valence-electron chi connectivity index (χ0n) is 17.5. The second-order valence-electron chi connectivity index (χ2n) is 7.51. The van der Waals surface area contributed by atoms with Crippen molar-refractivity contribution in [2.45, 2.75) is 13.8 Å². The van der Waals surface area contributed by atoms with Crippen molar-refractivity contribution in [2.75, 3.05) is 5.32 Å². The van der Waals surface area contributed by atoms with Crippen molar-refractivity contribution in [3.63, 3.8) is 0 Å². The first kappa shape index (κ1) is 21.3. The molecule has 8 heteroatoms. The molecule has 0 unspecified atom stereocenters. The molecule has 0 atom stereocenters. The summed E-state index contributed by atoms with van der Waals surface area (Å²) in [6, 6.07) is 9.85. The molecule has 0 saturated carbocycles. The summed E-state index contributed by atoms with van der Waals surface area (Å²) in [7, 11) is 1.66. The summed E-state index contributed by atoms with van der Waals surface area (Å²) in [5.74, 6) is -5.24. The maximum absolute atomic E-state index is 13.9. The van der Waals surface area contributed by atoms with Gasteiger partial charge < -0.3 is 9.88 Å². The van der Waals surface area contributed by atoms with Crippen LogP contribution in [0.15, 0.2) is 53.5 Å². The Morgan fingerprint density at radius 3 is 2.47 bits per heavy atom. The molecule has 162 valence electrons. The maximum Gasteiger partial charge on any atom is 0.258 e. The lowest BCUT2D eigenvalue weighted by molar-refractivity contribution is 0.102. The molecule has 1 amide bonds. The van der Waals surface area contributed by atoms with Gasteiger partial charge in [-0.15, -0.1) is 0 Å². The molecule has 2 heterocycles. The van der Waals surface area contributed by atoms with Gasteiger partial charge >= 0.3 is 0 Å². The van der Waals surface area contributed by atoms with Crippen LogP contribution in [-0.4, -0.2) is 15.5 Å². The van der Waals surface area contributed by atoms with Crippen LogP contribution in [-0.2, 0) is 7.05 Å². The molecule has 4 aromatic rings. The zero-order valence-corrected chi connectivity index (χ0v) is 17.5. The number of hydrogen-bond acceptors (Lipinski definition) is 3. The number of benzene rings is 2. The summed E-state index contributed by atoms with van der Waals surface area (Å²) in [5.41, 5.74) is 2.53. The molecule has 2 aromatic heterocycles. The van der Waals surface area contributed by atoms with Crippen molar-refractivity contribution in [3.05, 3.63) is 93.3 Å². The molecule has 32 heavy (non-hydrogen) atoms. The average molecular weight is 437 g/mol. The molecule has 0 aliphatic heterocycles. The van der Waals surface area contributed by atoms with Crippen molar-refractivity contribution in [3.8, 4) is 11.1 Å². The van der Waals surface area contributed by atoms with Gasteiger partial charge in [0, 0.05) is 35.5 Å². The van der Waals surface area contributed by atoms with Gasteiger partial charge in [-0.1, -0.05) is 6.07 Å². The second-order valence-corrected chi connectivity index (χ2v) is 7.51. The highest BCUT2D eigenvalue weighted by Gasteiger charge is 2.18. The predicted molar refractivity (Wildman–Crippen MR) is 116 cm³/mol. The Bertz CT molecular complexity index is 1460. The number of carbonyl (C=O) groups is 1. The molecule has 0 aliphatic carbocycles. The van der Waals surface area contributed by atoms with Gasteiger partial charge in [-0.05, 0) is 61.4 Å². The Morgan fingerprint density at radius 2 is 1.72 bits per heavy atom. The fraction of sp³-hybridized carbons (Fsp3) is 0.125. The van der Waals surface area contributed by atoms with E-state index in [0.29, 0.717) is 11.1 Å². The van der Waals surface area contributed by atoms with Crippen LogP contribution in [0.5, 0.6) is 0 Å². The van der Waals surface area contributed by atoms with Crippen LogP contribution in [0.4, 0.5) is 18.9 Å². The molecule has 1 N–H and O–H groups in total. The summed E-state index contributed by atoms with van der Waals surface area (Å²) in [5, 5.41) is 3.00. The van der Waals surface area contributed by atoms with E-state index in [1.807, 2.05) is 13.0 Å². The Morgan fingerprint density at radius 1 is 0.969 bits per heavy atom. The molecular formula is C24H18F3N3O2. The molecule has 0 saturated heterocycles. The van der Waals surface area contributed by atoms with E-state index in [0.717, 1.165) is 34.3 Å². The Hall–Kier alpha value is -3.94. The zero-order chi connectivity index (χ0) is 23.2. The number of pyridine rings is 2. The van der Waals surface area contributed by atoms with Gasteiger partial charge in [0.05, 0.1) is 11.2 Å². The summed E-state index contributed by atoms with van der Waals surface area (Å²) in [4.78, 5) is 30.0. The SMILES string of the molecule is Cc1cc2c(cn1)cc(-c1cc(C(=O)Nc3ccc(F)c(F)c3F)ccc1C)c(=O)n2C. The molecular weight excluding hydrogens is 419 g/mol. The van der Waals surface area contributed by atoms with Gasteiger partial charge in [0.15, 0.2) is 17.5 Å². The number of nitrogens with zero attached hydrogens (tertiary/aromatic N) is 2. The number of halogens is 3. The smallest absolute Gasteiger partial charge is 0.258 e. The van der Waals surface area contributed by atoms with Crippen molar-refractivity contribution < 1.29 is 18.0 Å². The van der Waals surface area contributed by atoms with Crippen LogP contribution in [0.2, 0.25) is 0 Å². The Balaban J connectivity index is 1.78. The molecule has 0 spiro atoms. The van der Waals surface area contributed by atoms with E-state index in [4.69, 9.17) is 0 Å². The number of amides is 1. The van der Waals surface area contributed by atoms with Crippen molar-refractivity contribution in [1.29, 1.82) is 0 Å². The minimum absolute atomic E-state index is 0.124. The van der Waals surface area contributed by atoms with Gasteiger partial charge in [-0.25, -0.2) is 13.2 Å². The van der Waals surface area contributed by atoms with Crippen molar-refractivity contribution >= 4 is 22.5 Å². The summed E-state index contributed by atoms with van der Waals surface area (Å²) in [6.07, 6.45) is 1.67. The van der Waals surface area contributed by atoms with Gasteiger partial charge in [-0.2, -0.15) is 0 Å². The van der Waals surface area contributed by atoms with E-state index in [-0.39, 0.29) is 11.1 Å². The largest absolute Gasteiger partial charge is 0.319 e. The molecule has 0 bridgehead atoms. The van der Waals surface area contributed by atoms with E-state index in [1.165, 1.54) is 16.7 Å². The number of hydrogen-bond donors (Lipinski definition) is 1. The average Bonchev–Trinajstić information content (AvgIpc) is 2.77. The summed E-state index contributed by atoms with van der Waals surface area (Å²) >= 11 is 0. The standard InChI is InChI=1S/C24H18F3N3O2/c1-12-4-5-14(23(31)29-19-7-6-18(25)21(26)22(19)27)9-16(12)17-10-15-11-28-13(2)8-20(15)30(3)24(17)32/h4-11H,1-3H3,(H,29,31). The molecule has 0 aliphatic rings. The van der Waals surface area contributed by atoms with Crippen molar-refractivity contribution in [1.82, 2.24) is 9.55 Å². The van der Waals surface area contributed by atoms with Crippen LogP contribution < -0.4 is 10.9 Å². The first-order chi connectivity index (χ1) is 15.2. The van der Waals surface area contributed by atoms with Gasteiger partial charge in [0.2, 0.25) is 0 Å². The first-order valence-corrected chi connectivity index (χ1v) is 9.69. The lowest BCUT2D eigenvalue weighted by atomic mass is 9.97. The van der Waals surface area contributed by atoms with Crippen LogP contribution in [0.25, 0.3) is 22.0 Å². The van der Waals surface area contributed by atoms with Gasteiger partial charge in [0.25, 0.3) is 11.5 Å². The van der Waals surface area contributed by atoms with Crippen LogP contribution >= 0.6 is 0 Å². The van der Waals surface area contributed by atoms with E-state index in [2.05, 4.69) is 10.3 Å². The number of aromatic nitrogens is 2. The monoisotopic (exact) mass is 437 g/mol. The third kappa shape index (κ3) is 3.64. The normalized spacial score (nSPS) is 11.1. The maximum atomic E-state index is 13.9. The van der Waals surface area contributed by atoms with Crippen molar-refractivity contribution in [2.24, 2.45) is 7.05 Å². The van der Waals surface area contributed by atoms with E-state index in [1.54, 1.807) is 32.3 Å². The molecule has 0 fully saturated rings. The highest BCUT2D eigenvalue weighted by molar-refractivity contribution is 6.05. The predicted octanol–water partition coefficient (Wildman–Crippen LogP) is 4.89. The third-order valence-corrected chi connectivity index (χ3v) is 5.32. The number of nitrogens with one attached hydrogen (secondary N) is 1. The molecule has 0 radical (unpaired) electrons. The fourth-order valence-corrected chi connectivity index (χ4v) is 3.53. The lowest BCUT2D eigenvalue weighted by Gasteiger charge is -2.13. The van der Waals surface area contributed by atoms with Crippen LogP contribution in [0.1, 0.15) is 21.6 Å². The lowest BCUT2D eigenvalue weighted by Crippen LogP contribution is -2.20. The third-order valence-electron chi connectivity index (χ3n) is 5.32. The molecule has 4 rings (SSSR count). The summed E-state index contributed by atoms with van der Waals surface area (Å²) < 4.78 is 42.1. The number of carbonyl (C=O) groups excluding carboxylic acids is 1. The molecule has 2 aromatic carbocycles. The first-order valence-electron chi connectivity index (χ1n) is 9.69. The minimum Gasteiger partial charge on any atom is -0.319 e. The van der Waals surface area contributed by atoms with Crippen LogP contribution in [0, 0.1) is 31.3 Å². The highest BCUT2D eigenvalue weighted by Crippen LogP contribution is 2.26. The minimum atomic E-state index is -1.67. The number of rotatable bonds is 3. The van der Waals surface area contributed by atoms with Crippen LogP contribution in [0.3, 0.4) is 0 Å². The topological polar surface area (TPSA) is 64.0 Å². The summed E-state index contributed by atoms with van der Waals surface area (Å²) in [6.45, 7) is 3.63. The Kier molecular flexibility index (Phi) is 5.30. The highest BCUT2D eigenvalue weighted by atomic mass is 19.2.